The summed E-state index contributed by atoms with van der Waals surface area (Å²) in [7, 11) is -4.28. The summed E-state index contributed by atoms with van der Waals surface area (Å²) >= 11 is 18.3. The summed E-state index contributed by atoms with van der Waals surface area (Å²) in [6.45, 7) is 0. The number of rotatable bonds is 5. The van der Waals surface area contributed by atoms with E-state index in [4.69, 9.17) is 34.8 Å². The van der Waals surface area contributed by atoms with Gasteiger partial charge in [-0.05, 0) is 12.1 Å². The molecule has 3 rings (SSSR count). The Kier molecular flexibility index (Phi) is 5.88. The van der Waals surface area contributed by atoms with E-state index in [2.05, 4.69) is 0 Å². The molecular formula is C20H12Cl3O3P. The Labute approximate surface area is 171 Å². The van der Waals surface area contributed by atoms with Gasteiger partial charge in [-0.3, -0.25) is 9.59 Å². The molecule has 0 aliphatic carbocycles. The first-order chi connectivity index (χ1) is 12.9. The van der Waals surface area contributed by atoms with Gasteiger partial charge in [-0.1, -0.05) is 95.5 Å². The molecule has 0 saturated heterocycles. The molecule has 1 atom stereocenters. The maximum atomic E-state index is 14.0. The van der Waals surface area contributed by atoms with E-state index in [9.17, 15) is 14.2 Å². The molecule has 0 N–H and O–H groups in total. The van der Waals surface area contributed by atoms with Crippen molar-refractivity contribution in [2.45, 2.75) is 0 Å². The first kappa shape index (κ1) is 19.9. The number of carbonyl (C=O) groups is 2. The van der Waals surface area contributed by atoms with Crippen molar-refractivity contribution in [3.63, 3.8) is 0 Å². The number of halogens is 3. The maximum Gasteiger partial charge on any atom is 0.248 e. The van der Waals surface area contributed by atoms with E-state index < -0.39 is 18.2 Å². The van der Waals surface area contributed by atoms with Crippen LogP contribution in [0.25, 0.3) is 0 Å². The van der Waals surface area contributed by atoms with E-state index >= 15 is 0 Å². The van der Waals surface area contributed by atoms with Crippen LogP contribution < -0.4 is 5.30 Å². The predicted molar refractivity (Wildman–Crippen MR) is 110 cm³/mol. The van der Waals surface area contributed by atoms with Crippen LogP contribution in [-0.2, 0) is 4.57 Å². The second-order valence-corrected chi connectivity index (χ2v) is 9.38. The van der Waals surface area contributed by atoms with Crippen LogP contribution in [0.4, 0.5) is 0 Å². The van der Waals surface area contributed by atoms with E-state index in [1.807, 2.05) is 0 Å². The molecule has 0 aliphatic heterocycles. The molecule has 136 valence electrons. The molecule has 3 nitrogen and oxygen atoms in total. The van der Waals surface area contributed by atoms with Gasteiger partial charge in [0.05, 0.1) is 20.6 Å². The van der Waals surface area contributed by atoms with Crippen LogP contribution in [0.1, 0.15) is 20.7 Å². The SMILES string of the molecule is O=C(c1ccccc1)P(=O)(C(=O)c1c(Cl)ccc(Cl)c1Cl)c1ccccc1. The number of benzene rings is 3. The summed E-state index contributed by atoms with van der Waals surface area (Å²) in [4.78, 5) is 26.6. The molecule has 3 aromatic carbocycles. The van der Waals surface area contributed by atoms with Crippen molar-refractivity contribution in [1.29, 1.82) is 0 Å². The minimum atomic E-state index is -4.28. The molecule has 0 aromatic heterocycles. The van der Waals surface area contributed by atoms with Gasteiger partial charge in [0, 0.05) is 10.9 Å². The van der Waals surface area contributed by atoms with Gasteiger partial charge in [-0.25, -0.2) is 0 Å². The minimum Gasteiger partial charge on any atom is -0.302 e. The Balaban J connectivity index is 2.27. The van der Waals surface area contributed by atoms with E-state index in [0.29, 0.717) is 0 Å². The van der Waals surface area contributed by atoms with Crippen molar-refractivity contribution in [3.05, 3.63) is 99.0 Å². The Morgan fingerprint density at radius 1 is 0.667 bits per heavy atom. The summed E-state index contributed by atoms with van der Waals surface area (Å²) in [6.07, 6.45) is 0. The lowest BCUT2D eigenvalue weighted by atomic mass is 10.2. The predicted octanol–water partition coefficient (Wildman–Crippen LogP) is 6.32. The van der Waals surface area contributed by atoms with Crippen molar-refractivity contribution in [2.24, 2.45) is 0 Å². The van der Waals surface area contributed by atoms with E-state index in [1.54, 1.807) is 36.4 Å². The average Bonchev–Trinajstić information content (AvgIpc) is 2.71. The molecule has 0 radical (unpaired) electrons. The number of carbonyl (C=O) groups excluding carboxylic acids is 2. The first-order valence-corrected chi connectivity index (χ1v) is 10.7. The Morgan fingerprint density at radius 3 is 1.78 bits per heavy atom. The van der Waals surface area contributed by atoms with Crippen LogP contribution in [0.3, 0.4) is 0 Å². The topological polar surface area (TPSA) is 51.2 Å². The van der Waals surface area contributed by atoms with E-state index in [1.165, 1.54) is 36.4 Å². The highest BCUT2D eigenvalue weighted by atomic mass is 35.5. The normalized spacial score (nSPS) is 13.0. The van der Waals surface area contributed by atoms with Crippen molar-refractivity contribution < 1.29 is 14.2 Å². The molecule has 0 fully saturated rings. The van der Waals surface area contributed by atoms with Crippen LogP contribution in [0.15, 0.2) is 72.8 Å². The first-order valence-electron chi connectivity index (χ1n) is 7.81. The Hall–Kier alpha value is -1.90. The van der Waals surface area contributed by atoms with Crippen LogP contribution in [-0.4, -0.2) is 11.0 Å². The third kappa shape index (κ3) is 3.61. The Morgan fingerprint density at radius 2 is 1.19 bits per heavy atom. The monoisotopic (exact) mass is 436 g/mol. The smallest absolute Gasteiger partial charge is 0.248 e. The third-order valence-electron chi connectivity index (χ3n) is 3.97. The zero-order valence-corrected chi connectivity index (χ0v) is 16.9. The lowest BCUT2D eigenvalue weighted by Crippen LogP contribution is -2.21. The van der Waals surface area contributed by atoms with Crippen LogP contribution in [0.5, 0.6) is 0 Å². The largest absolute Gasteiger partial charge is 0.302 e. The average molecular weight is 438 g/mol. The molecule has 0 saturated carbocycles. The second-order valence-electron chi connectivity index (χ2n) is 5.64. The molecular weight excluding hydrogens is 426 g/mol. The summed E-state index contributed by atoms with van der Waals surface area (Å²) in [5.74, 6) is 0. The van der Waals surface area contributed by atoms with Gasteiger partial charge in [0.1, 0.15) is 0 Å². The lowest BCUT2D eigenvalue weighted by Gasteiger charge is -2.18. The van der Waals surface area contributed by atoms with Crippen LogP contribution in [0, 0.1) is 0 Å². The van der Waals surface area contributed by atoms with Gasteiger partial charge in [-0.2, -0.15) is 0 Å². The van der Waals surface area contributed by atoms with Gasteiger partial charge < -0.3 is 4.57 Å². The highest BCUT2D eigenvalue weighted by Crippen LogP contribution is 2.53. The molecule has 0 spiro atoms. The van der Waals surface area contributed by atoms with Crippen molar-refractivity contribution in [3.8, 4) is 0 Å². The maximum absolute atomic E-state index is 14.0. The minimum absolute atomic E-state index is 0.0218. The van der Waals surface area contributed by atoms with Crippen LogP contribution >= 0.6 is 41.9 Å². The summed E-state index contributed by atoms with van der Waals surface area (Å²) in [5.41, 5.74) is -1.79. The number of hydrogen-bond acceptors (Lipinski definition) is 3. The van der Waals surface area contributed by atoms with Gasteiger partial charge in [0.2, 0.25) is 18.2 Å². The van der Waals surface area contributed by atoms with Gasteiger partial charge in [-0.15, -0.1) is 0 Å². The summed E-state index contributed by atoms with van der Waals surface area (Å²) in [6, 6.07) is 18.7. The molecule has 0 amide bonds. The van der Waals surface area contributed by atoms with E-state index in [-0.39, 0.29) is 31.5 Å². The highest BCUT2D eigenvalue weighted by molar-refractivity contribution is 8.01. The molecule has 0 aliphatic rings. The lowest BCUT2D eigenvalue weighted by molar-refractivity contribution is 0.104. The third-order valence-corrected chi connectivity index (χ3v) is 7.74. The summed E-state index contributed by atoms with van der Waals surface area (Å²) < 4.78 is 14.0. The molecule has 27 heavy (non-hydrogen) atoms. The number of hydrogen-bond donors (Lipinski definition) is 0. The molecule has 3 aromatic rings. The van der Waals surface area contributed by atoms with Crippen molar-refractivity contribution >= 4 is 58.3 Å². The quantitative estimate of drug-likeness (QED) is 0.347. The second kappa shape index (κ2) is 8.00. The molecule has 0 bridgehead atoms. The van der Waals surface area contributed by atoms with Crippen molar-refractivity contribution in [2.75, 3.05) is 0 Å². The van der Waals surface area contributed by atoms with Gasteiger partial charge in [0.25, 0.3) is 0 Å². The highest BCUT2D eigenvalue weighted by Gasteiger charge is 2.44. The Bertz CT molecular complexity index is 1070. The molecule has 0 heterocycles. The van der Waals surface area contributed by atoms with E-state index in [0.717, 1.165) is 0 Å². The van der Waals surface area contributed by atoms with Gasteiger partial charge >= 0.3 is 0 Å². The van der Waals surface area contributed by atoms with Crippen LogP contribution in [0.2, 0.25) is 15.1 Å². The zero-order valence-electron chi connectivity index (χ0n) is 13.7. The summed E-state index contributed by atoms with van der Waals surface area (Å²) in [5, 5.41) is 0.0322. The molecule has 7 heteroatoms. The fraction of sp³-hybridized carbons (Fsp3) is 0. The fourth-order valence-electron chi connectivity index (χ4n) is 2.61. The van der Waals surface area contributed by atoms with Gasteiger partial charge in [0.15, 0.2) is 0 Å². The van der Waals surface area contributed by atoms with Crippen molar-refractivity contribution in [1.82, 2.24) is 0 Å². The molecule has 1 unspecified atom stereocenters. The zero-order chi connectivity index (χ0) is 19.6. The standard InChI is InChI=1S/C20H12Cl3O3P/c21-15-11-12-16(22)18(23)17(15)20(25)27(26,14-9-5-2-6-10-14)19(24)13-7-3-1-4-8-13/h1-12H. The fourth-order valence-corrected chi connectivity index (χ4v) is 5.74.